The molecule has 0 amide bonds. The number of carbonyl (C=O) groups excluding carboxylic acids is 3. The molecule has 1 aliphatic heterocycles. The van der Waals surface area contributed by atoms with Crippen LogP contribution in [0.5, 0.6) is 0 Å². The Morgan fingerprint density at radius 3 is 2.86 bits per heavy atom. The molecule has 2 N–H and O–H groups in total. The van der Waals surface area contributed by atoms with Gasteiger partial charge in [-0.2, -0.15) is 0 Å². The van der Waals surface area contributed by atoms with E-state index in [4.69, 9.17) is 10.5 Å². The minimum atomic E-state index is -0.903. The van der Waals surface area contributed by atoms with E-state index < -0.39 is 23.6 Å². The lowest BCUT2D eigenvalue weighted by Crippen LogP contribution is -2.46. The number of esters is 1. The number of hydrogen-bond donors (Lipinski definition) is 1. The SMILES string of the molecule is CCOC(=O)[C@@H]1CC[C@H]2C(=O)n3c(N)nnc3N=C2C1=O. The second kappa shape index (κ2) is 4.76. The van der Waals surface area contributed by atoms with Gasteiger partial charge in [0.25, 0.3) is 5.95 Å². The van der Waals surface area contributed by atoms with Crippen LogP contribution in [-0.2, 0) is 14.3 Å². The van der Waals surface area contributed by atoms with Crippen molar-refractivity contribution >= 4 is 35.3 Å². The molecule has 0 saturated heterocycles. The Hall–Kier alpha value is -2.58. The molecular formula is C12H13N5O4. The Bertz CT molecular complexity index is 677. The first-order valence-corrected chi connectivity index (χ1v) is 6.59. The van der Waals surface area contributed by atoms with E-state index in [9.17, 15) is 14.4 Å². The van der Waals surface area contributed by atoms with E-state index in [-0.39, 0.29) is 36.5 Å². The standard InChI is InChI=1S/C12H13N5O4/c1-2-21-10(20)6-4-3-5-7(8(6)18)14-12-16-15-11(13)17(12)9(5)19/h5-6H,2-4H2,1H3,(H2,13,15)/t5-,6-/m1/s1. The largest absolute Gasteiger partial charge is 0.465 e. The number of rotatable bonds is 2. The summed E-state index contributed by atoms with van der Waals surface area (Å²) in [4.78, 5) is 40.5. The number of ether oxygens (including phenoxy) is 1. The summed E-state index contributed by atoms with van der Waals surface area (Å²) in [5.74, 6) is -3.13. The summed E-state index contributed by atoms with van der Waals surface area (Å²) < 4.78 is 5.97. The van der Waals surface area contributed by atoms with Crippen molar-refractivity contribution < 1.29 is 19.1 Å². The molecule has 1 aromatic rings. The molecule has 2 heterocycles. The predicted octanol–water partition coefficient (Wildman–Crippen LogP) is -0.255. The molecule has 2 atom stereocenters. The summed E-state index contributed by atoms with van der Waals surface area (Å²) in [6, 6.07) is 0. The highest BCUT2D eigenvalue weighted by Gasteiger charge is 2.45. The molecule has 0 radical (unpaired) electrons. The van der Waals surface area contributed by atoms with Gasteiger partial charge in [-0.25, -0.2) is 9.56 Å². The van der Waals surface area contributed by atoms with Crippen LogP contribution in [0.3, 0.4) is 0 Å². The lowest BCUT2D eigenvalue weighted by molar-refractivity contribution is -0.151. The fourth-order valence-corrected chi connectivity index (χ4v) is 2.63. The molecule has 9 nitrogen and oxygen atoms in total. The van der Waals surface area contributed by atoms with Gasteiger partial charge in [0.15, 0.2) is 5.78 Å². The number of ketones is 1. The minimum absolute atomic E-state index is 0.0263. The molecule has 21 heavy (non-hydrogen) atoms. The minimum Gasteiger partial charge on any atom is -0.465 e. The molecular weight excluding hydrogens is 278 g/mol. The van der Waals surface area contributed by atoms with Crippen molar-refractivity contribution in [1.82, 2.24) is 14.8 Å². The van der Waals surface area contributed by atoms with Gasteiger partial charge in [0.05, 0.1) is 12.5 Å². The molecule has 0 spiro atoms. The third kappa shape index (κ3) is 1.92. The number of nitrogen functional groups attached to an aromatic ring is 1. The number of nitrogens with two attached hydrogens (primary N) is 1. The van der Waals surface area contributed by atoms with Gasteiger partial charge in [-0.1, -0.05) is 0 Å². The van der Waals surface area contributed by atoms with Crippen LogP contribution in [0.2, 0.25) is 0 Å². The maximum Gasteiger partial charge on any atom is 0.316 e. The van der Waals surface area contributed by atoms with E-state index in [1.165, 1.54) is 0 Å². The van der Waals surface area contributed by atoms with E-state index in [2.05, 4.69) is 15.2 Å². The maximum atomic E-state index is 12.4. The molecule has 1 aliphatic carbocycles. The zero-order valence-corrected chi connectivity index (χ0v) is 11.3. The zero-order chi connectivity index (χ0) is 15.1. The Kier molecular flexibility index (Phi) is 3.04. The van der Waals surface area contributed by atoms with Gasteiger partial charge in [-0.3, -0.25) is 14.4 Å². The van der Waals surface area contributed by atoms with E-state index in [0.717, 1.165) is 4.57 Å². The third-order valence-electron chi connectivity index (χ3n) is 3.62. The number of Topliss-reactive ketones (excluding diaryl/α,β-unsaturated/α-hetero) is 1. The van der Waals surface area contributed by atoms with Crippen molar-refractivity contribution in [2.45, 2.75) is 19.8 Å². The van der Waals surface area contributed by atoms with Crippen LogP contribution < -0.4 is 5.73 Å². The topological polar surface area (TPSA) is 130 Å². The summed E-state index contributed by atoms with van der Waals surface area (Å²) in [6.07, 6.45) is 0.592. The highest BCUT2D eigenvalue weighted by Crippen LogP contribution is 2.32. The number of aliphatic imine (C=N–C) groups is 1. The van der Waals surface area contributed by atoms with Crippen LogP contribution >= 0.6 is 0 Å². The molecule has 0 bridgehead atoms. The van der Waals surface area contributed by atoms with E-state index in [1.807, 2.05) is 0 Å². The Morgan fingerprint density at radius 2 is 2.14 bits per heavy atom. The van der Waals surface area contributed by atoms with Gasteiger partial charge in [0, 0.05) is 0 Å². The normalized spacial score (nSPS) is 24.1. The molecule has 9 heteroatoms. The Labute approximate surface area is 119 Å². The number of fused-ring (bicyclic) bond motifs is 2. The molecule has 0 unspecified atom stereocenters. The maximum absolute atomic E-state index is 12.4. The van der Waals surface area contributed by atoms with Gasteiger partial charge in [-0.05, 0) is 19.8 Å². The van der Waals surface area contributed by atoms with Gasteiger partial charge >= 0.3 is 5.97 Å². The number of carbonyl (C=O) groups is 3. The molecule has 3 rings (SSSR count). The first-order chi connectivity index (χ1) is 10.0. The fraction of sp³-hybridized carbons (Fsp3) is 0.500. The summed E-state index contributed by atoms with van der Waals surface area (Å²) in [5, 5.41) is 7.22. The Morgan fingerprint density at radius 1 is 1.38 bits per heavy atom. The first-order valence-electron chi connectivity index (χ1n) is 6.59. The number of anilines is 1. The highest BCUT2D eigenvalue weighted by molar-refractivity contribution is 6.48. The number of nitrogens with zero attached hydrogens (tertiary/aromatic N) is 4. The number of aromatic nitrogens is 3. The smallest absolute Gasteiger partial charge is 0.316 e. The molecule has 1 saturated carbocycles. The van der Waals surface area contributed by atoms with Crippen molar-refractivity contribution in [2.24, 2.45) is 16.8 Å². The van der Waals surface area contributed by atoms with Crippen LogP contribution in [-0.4, -0.2) is 44.7 Å². The lowest BCUT2D eigenvalue weighted by atomic mass is 9.78. The van der Waals surface area contributed by atoms with Crippen LogP contribution in [0, 0.1) is 11.8 Å². The van der Waals surface area contributed by atoms with Gasteiger partial charge < -0.3 is 10.5 Å². The van der Waals surface area contributed by atoms with Crippen molar-refractivity contribution in [3.8, 4) is 0 Å². The molecule has 1 aromatic heterocycles. The lowest BCUT2D eigenvalue weighted by Gasteiger charge is -2.29. The molecule has 1 fully saturated rings. The van der Waals surface area contributed by atoms with E-state index in [1.54, 1.807) is 6.92 Å². The van der Waals surface area contributed by atoms with Crippen LogP contribution in [0.25, 0.3) is 0 Å². The fourth-order valence-electron chi connectivity index (χ4n) is 2.63. The number of hydrogen-bond acceptors (Lipinski definition) is 8. The molecule has 110 valence electrons. The van der Waals surface area contributed by atoms with Gasteiger partial charge in [0.2, 0.25) is 11.9 Å². The average molecular weight is 291 g/mol. The van der Waals surface area contributed by atoms with Crippen molar-refractivity contribution in [1.29, 1.82) is 0 Å². The first kappa shape index (κ1) is 13.4. The quantitative estimate of drug-likeness (QED) is 0.587. The second-order valence-corrected chi connectivity index (χ2v) is 4.83. The second-order valence-electron chi connectivity index (χ2n) is 4.83. The van der Waals surface area contributed by atoms with Gasteiger partial charge in [-0.15, -0.1) is 10.2 Å². The zero-order valence-electron chi connectivity index (χ0n) is 11.3. The summed E-state index contributed by atoms with van der Waals surface area (Å²) in [5.41, 5.74) is 5.61. The van der Waals surface area contributed by atoms with Crippen LogP contribution in [0.4, 0.5) is 11.9 Å². The third-order valence-corrected chi connectivity index (χ3v) is 3.62. The van der Waals surface area contributed by atoms with Crippen molar-refractivity contribution in [2.75, 3.05) is 12.3 Å². The predicted molar refractivity (Wildman–Crippen MR) is 70.0 cm³/mol. The van der Waals surface area contributed by atoms with Crippen LogP contribution in [0.1, 0.15) is 24.6 Å². The monoisotopic (exact) mass is 291 g/mol. The van der Waals surface area contributed by atoms with E-state index >= 15 is 0 Å². The Balaban J connectivity index is 1.98. The van der Waals surface area contributed by atoms with Crippen molar-refractivity contribution in [3.05, 3.63) is 0 Å². The summed E-state index contributed by atoms with van der Waals surface area (Å²) in [6.45, 7) is 1.86. The molecule has 0 aromatic carbocycles. The van der Waals surface area contributed by atoms with Crippen LogP contribution in [0.15, 0.2) is 4.99 Å². The average Bonchev–Trinajstić information content (AvgIpc) is 2.82. The van der Waals surface area contributed by atoms with E-state index in [0.29, 0.717) is 6.42 Å². The van der Waals surface area contributed by atoms with Gasteiger partial charge in [0.1, 0.15) is 11.6 Å². The summed E-state index contributed by atoms with van der Waals surface area (Å²) >= 11 is 0. The summed E-state index contributed by atoms with van der Waals surface area (Å²) in [7, 11) is 0. The van der Waals surface area contributed by atoms with Crippen molar-refractivity contribution in [3.63, 3.8) is 0 Å². The molecule has 2 aliphatic rings. The highest BCUT2D eigenvalue weighted by atomic mass is 16.5.